The number of aromatic hydroxyl groups is 1. The number of hydrogen-bond acceptors (Lipinski definition) is 4. The fraction of sp³-hybridized carbons (Fsp3) is 0.467. The topological polar surface area (TPSA) is 66.8 Å². The van der Waals surface area contributed by atoms with Crippen LogP contribution in [0.25, 0.3) is 6.08 Å². The van der Waals surface area contributed by atoms with Gasteiger partial charge in [-0.3, -0.25) is 9.59 Å². The minimum atomic E-state index is -0.985. The predicted molar refractivity (Wildman–Crippen MR) is 141 cm³/mol. The molecule has 1 unspecified atom stereocenters. The lowest BCUT2D eigenvalue weighted by atomic mass is 9.78. The molecule has 0 fully saturated rings. The zero-order valence-electron chi connectivity index (χ0n) is 22.6. The number of amides is 1. The fourth-order valence-electron chi connectivity index (χ4n) is 5.09. The second-order valence-corrected chi connectivity index (χ2v) is 12.5. The third kappa shape index (κ3) is 4.05. The number of Topliss-reactive ketones (excluding diaryl/α,β-unsaturated/α-hetero) is 1. The van der Waals surface area contributed by atoms with Crippen LogP contribution in [0.2, 0.25) is 0 Å². The quantitative estimate of drug-likeness (QED) is 0.478. The minimum Gasteiger partial charge on any atom is -0.507 e. The van der Waals surface area contributed by atoms with E-state index >= 15 is 0 Å². The standard InChI is InChI=1S/C30H37NO4/c1-16-18-14-23-24(35-30(8,9)27(34)31(23)10)15-20(18)25(32)19(16)11-17-12-21(28(2,3)4)26(33)22(13-17)29(5,6)7/h11-16,33H,1-10H3. The molecule has 0 radical (unpaired) electrons. The highest BCUT2D eigenvalue weighted by Crippen LogP contribution is 2.47. The van der Waals surface area contributed by atoms with Gasteiger partial charge in [-0.25, -0.2) is 0 Å². The van der Waals surface area contributed by atoms with E-state index in [4.69, 9.17) is 4.74 Å². The van der Waals surface area contributed by atoms with E-state index in [1.54, 1.807) is 31.9 Å². The van der Waals surface area contributed by atoms with Gasteiger partial charge < -0.3 is 14.7 Å². The maximum Gasteiger partial charge on any atom is 0.270 e. The molecule has 35 heavy (non-hydrogen) atoms. The SMILES string of the molecule is CC1C(=Cc2cc(C(C)(C)C)c(O)c(C(C)(C)C)c2)C(=O)c2cc3c(cc21)N(C)C(=O)C(C)(C)O3. The summed E-state index contributed by atoms with van der Waals surface area (Å²) in [6.07, 6.45) is 1.95. The molecule has 1 aliphatic carbocycles. The molecular weight excluding hydrogens is 438 g/mol. The second kappa shape index (κ2) is 7.71. The van der Waals surface area contributed by atoms with Crippen molar-refractivity contribution in [1.29, 1.82) is 0 Å². The van der Waals surface area contributed by atoms with Crippen molar-refractivity contribution in [3.8, 4) is 11.5 Å². The zero-order chi connectivity index (χ0) is 26.2. The van der Waals surface area contributed by atoms with E-state index in [-0.39, 0.29) is 28.4 Å². The minimum absolute atomic E-state index is 0.0287. The summed E-state index contributed by atoms with van der Waals surface area (Å²) >= 11 is 0. The number of allylic oxidation sites excluding steroid dienone is 1. The molecule has 2 aromatic carbocycles. The van der Waals surface area contributed by atoms with Gasteiger partial charge in [0.25, 0.3) is 5.91 Å². The Labute approximate surface area is 208 Å². The molecule has 0 saturated heterocycles. The highest BCUT2D eigenvalue weighted by Gasteiger charge is 2.42. The normalized spacial score (nSPS) is 20.7. The van der Waals surface area contributed by atoms with E-state index in [2.05, 4.69) is 41.5 Å². The molecule has 0 saturated carbocycles. The first-order valence-electron chi connectivity index (χ1n) is 12.2. The lowest BCUT2D eigenvalue weighted by Gasteiger charge is -2.37. The fourth-order valence-corrected chi connectivity index (χ4v) is 5.09. The highest BCUT2D eigenvalue weighted by molar-refractivity contribution is 6.17. The van der Waals surface area contributed by atoms with Crippen molar-refractivity contribution in [1.82, 2.24) is 0 Å². The number of ketones is 1. The van der Waals surface area contributed by atoms with Gasteiger partial charge in [0.15, 0.2) is 11.4 Å². The second-order valence-electron chi connectivity index (χ2n) is 12.5. The Morgan fingerprint density at radius 3 is 2.03 bits per heavy atom. The number of hydrogen-bond donors (Lipinski definition) is 1. The Morgan fingerprint density at radius 2 is 1.51 bits per heavy atom. The number of rotatable bonds is 1. The number of anilines is 1. The average molecular weight is 476 g/mol. The Bertz CT molecular complexity index is 1250. The number of likely N-dealkylation sites (N-methyl/N-ethyl adjacent to an activating group) is 1. The Morgan fingerprint density at radius 1 is 0.971 bits per heavy atom. The summed E-state index contributed by atoms with van der Waals surface area (Å²) in [6, 6.07) is 7.68. The van der Waals surface area contributed by atoms with Crippen LogP contribution in [0.5, 0.6) is 11.5 Å². The number of phenols is 1. The van der Waals surface area contributed by atoms with E-state index in [9.17, 15) is 14.7 Å². The first-order valence-corrected chi connectivity index (χ1v) is 12.2. The van der Waals surface area contributed by atoms with Crippen LogP contribution in [-0.4, -0.2) is 29.4 Å². The van der Waals surface area contributed by atoms with E-state index in [0.717, 1.165) is 22.3 Å². The van der Waals surface area contributed by atoms with Crippen molar-refractivity contribution in [2.75, 3.05) is 11.9 Å². The molecule has 186 valence electrons. The van der Waals surface area contributed by atoms with Crippen molar-refractivity contribution < 1.29 is 19.4 Å². The first-order chi connectivity index (χ1) is 15.9. The molecule has 1 amide bonds. The Balaban J connectivity index is 1.85. The van der Waals surface area contributed by atoms with E-state index < -0.39 is 5.60 Å². The van der Waals surface area contributed by atoms with Crippen molar-refractivity contribution in [2.45, 2.75) is 84.7 Å². The van der Waals surface area contributed by atoms with Crippen molar-refractivity contribution in [3.05, 3.63) is 57.7 Å². The largest absolute Gasteiger partial charge is 0.507 e. The van der Waals surface area contributed by atoms with Gasteiger partial charge in [0, 0.05) is 35.2 Å². The summed E-state index contributed by atoms with van der Waals surface area (Å²) in [7, 11) is 1.74. The van der Waals surface area contributed by atoms with Crippen molar-refractivity contribution in [2.24, 2.45) is 0 Å². The van der Waals surface area contributed by atoms with Gasteiger partial charge in [-0.2, -0.15) is 0 Å². The van der Waals surface area contributed by atoms with Crippen LogP contribution >= 0.6 is 0 Å². The first kappa shape index (κ1) is 25.0. The average Bonchev–Trinajstić information content (AvgIpc) is 2.94. The monoisotopic (exact) mass is 475 g/mol. The third-order valence-electron chi connectivity index (χ3n) is 7.19. The molecule has 2 aromatic rings. The molecule has 2 aliphatic rings. The molecule has 5 heteroatoms. The Kier molecular flexibility index (Phi) is 5.51. The zero-order valence-corrected chi connectivity index (χ0v) is 22.6. The van der Waals surface area contributed by atoms with Crippen LogP contribution in [0, 0.1) is 0 Å². The molecular formula is C30H37NO4. The molecule has 0 bridgehead atoms. The summed E-state index contributed by atoms with van der Waals surface area (Å²) in [6.45, 7) is 18.0. The molecule has 5 nitrogen and oxygen atoms in total. The Hall–Kier alpha value is -3.08. The maximum atomic E-state index is 13.6. The molecule has 1 N–H and O–H groups in total. The predicted octanol–water partition coefficient (Wildman–Crippen LogP) is 6.50. The van der Waals surface area contributed by atoms with Gasteiger partial charge in [-0.1, -0.05) is 48.5 Å². The van der Waals surface area contributed by atoms with Crippen LogP contribution in [0.15, 0.2) is 29.8 Å². The van der Waals surface area contributed by atoms with Crippen LogP contribution in [0.4, 0.5) is 5.69 Å². The van der Waals surface area contributed by atoms with Gasteiger partial charge in [0.05, 0.1) is 5.69 Å². The van der Waals surface area contributed by atoms with Gasteiger partial charge in [0.2, 0.25) is 0 Å². The summed E-state index contributed by atoms with van der Waals surface area (Å²) < 4.78 is 5.99. The van der Waals surface area contributed by atoms with E-state index in [0.29, 0.717) is 28.3 Å². The molecule has 0 aromatic heterocycles. The number of fused-ring (bicyclic) bond motifs is 2. The summed E-state index contributed by atoms with van der Waals surface area (Å²) in [5.74, 6) is 0.588. The molecule has 1 atom stereocenters. The van der Waals surface area contributed by atoms with Crippen LogP contribution < -0.4 is 9.64 Å². The van der Waals surface area contributed by atoms with E-state index in [1.165, 1.54) is 0 Å². The van der Waals surface area contributed by atoms with Gasteiger partial charge in [-0.15, -0.1) is 0 Å². The maximum absolute atomic E-state index is 13.6. The molecule has 1 aliphatic heterocycles. The number of ether oxygens (including phenoxy) is 1. The summed E-state index contributed by atoms with van der Waals surface area (Å²) in [4.78, 5) is 27.9. The highest BCUT2D eigenvalue weighted by atomic mass is 16.5. The van der Waals surface area contributed by atoms with Gasteiger partial charge in [0.1, 0.15) is 11.5 Å². The number of nitrogens with zero attached hydrogens (tertiary/aromatic N) is 1. The summed E-state index contributed by atoms with van der Waals surface area (Å²) in [5, 5.41) is 11.1. The van der Waals surface area contributed by atoms with Crippen molar-refractivity contribution in [3.63, 3.8) is 0 Å². The summed E-state index contributed by atoms with van der Waals surface area (Å²) in [5.41, 5.74) is 4.01. The van der Waals surface area contributed by atoms with Crippen LogP contribution in [0.3, 0.4) is 0 Å². The number of phenolic OH excluding ortho intramolecular Hbond substituents is 1. The molecule has 0 spiro atoms. The van der Waals surface area contributed by atoms with E-state index in [1.807, 2.05) is 31.2 Å². The lowest BCUT2D eigenvalue weighted by Crippen LogP contribution is -2.50. The molecule has 1 heterocycles. The molecule has 4 rings (SSSR count). The van der Waals surface area contributed by atoms with Gasteiger partial charge >= 0.3 is 0 Å². The lowest BCUT2D eigenvalue weighted by molar-refractivity contribution is -0.132. The number of carbonyl (C=O) groups excluding carboxylic acids is 2. The number of carbonyl (C=O) groups is 2. The van der Waals surface area contributed by atoms with Crippen LogP contribution in [-0.2, 0) is 15.6 Å². The third-order valence-corrected chi connectivity index (χ3v) is 7.19. The van der Waals surface area contributed by atoms with Gasteiger partial charge in [-0.05, 0) is 66.1 Å². The van der Waals surface area contributed by atoms with Crippen molar-refractivity contribution >= 4 is 23.5 Å². The smallest absolute Gasteiger partial charge is 0.270 e. The number of benzene rings is 2. The van der Waals surface area contributed by atoms with Crippen LogP contribution in [0.1, 0.15) is 101 Å².